The van der Waals surface area contributed by atoms with Gasteiger partial charge >= 0.3 is 0 Å². The first kappa shape index (κ1) is 19.6. The zero-order chi connectivity index (χ0) is 19.2. The first-order chi connectivity index (χ1) is 13.1. The number of hydrogen-bond acceptors (Lipinski definition) is 5. The Hall–Kier alpha value is -2.12. The molecule has 0 aliphatic carbocycles. The molecule has 0 unspecified atom stereocenters. The molecular weight excluding hydrogens is 346 g/mol. The van der Waals surface area contributed by atoms with E-state index >= 15 is 0 Å². The Labute approximate surface area is 160 Å². The van der Waals surface area contributed by atoms with E-state index in [0.717, 1.165) is 18.6 Å². The second-order valence-corrected chi connectivity index (χ2v) is 7.04. The summed E-state index contributed by atoms with van der Waals surface area (Å²) in [5.74, 6) is 0.780. The molecule has 27 heavy (non-hydrogen) atoms. The maximum atomic E-state index is 12.7. The molecule has 3 rings (SSSR count). The van der Waals surface area contributed by atoms with E-state index in [1.807, 2.05) is 30.9 Å². The van der Waals surface area contributed by atoms with Crippen molar-refractivity contribution in [3.8, 4) is 5.75 Å². The van der Waals surface area contributed by atoms with E-state index < -0.39 is 0 Å². The van der Waals surface area contributed by atoms with Gasteiger partial charge in [0, 0.05) is 31.2 Å². The molecule has 1 aromatic carbocycles. The van der Waals surface area contributed by atoms with Gasteiger partial charge in [-0.25, -0.2) is 0 Å². The van der Waals surface area contributed by atoms with Gasteiger partial charge in [0.15, 0.2) is 0 Å². The fraction of sp³-hybridized carbons (Fsp3) is 0.600. The van der Waals surface area contributed by atoms with Gasteiger partial charge in [0.1, 0.15) is 11.8 Å². The van der Waals surface area contributed by atoms with Crippen molar-refractivity contribution in [1.29, 1.82) is 0 Å². The second-order valence-electron chi connectivity index (χ2n) is 7.04. The normalized spacial score (nSPS) is 23.7. The average Bonchev–Trinajstić information content (AvgIpc) is 2.69. The maximum Gasteiger partial charge on any atom is 0.253 e. The molecule has 2 atom stereocenters. The van der Waals surface area contributed by atoms with Gasteiger partial charge < -0.3 is 25.0 Å². The molecule has 0 radical (unpaired) electrons. The Morgan fingerprint density at radius 2 is 1.96 bits per heavy atom. The van der Waals surface area contributed by atoms with Crippen LogP contribution < -0.4 is 15.4 Å². The SMILES string of the molecule is CCOc1ccc(C(=O)N2CCC(NC(=O)[C@H]3NCCO[C@@H]3C)CC2)cc1. The van der Waals surface area contributed by atoms with Gasteiger partial charge in [0.05, 0.1) is 19.3 Å². The van der Waals surface area contributed by atoms with Gasteiger partial charge in [-0.05, 0) is 51.0 Å². The molecule has 7 heteroatoms. The summed E-state index contributed by atoms with van der Waals surface area (Å²) in [6.45, 7) is 7.05. The number of ether oxygens (including phenoxy) is 2. The highest BCUT2D eigenvalue weighted by atomic mass is 16.5. The van der Waals surface area contributed by atoms with Crippen LogP contribution >= 0.6 is 0 Å². The average molecular weight is 375 g/mol. The Morgan fingerprint density at radius 1 is 1.26 bits per heavy atom. The highest BCUT2D eigenvalue weighted by Gasteiger charge is 2.31. The van der Waals surface area contributed by atoms with Crippen LogP contribution in [0.4, 0.5) is 0 Å². The molecule has 2 aliphatic heterocycles. The lowest BCUT2D eigenvalue weighted by molar-refractivity contribution is -0.129. The van der Waals surface area contributed by atoms with Gasteiger partial charge in [-0.2, -0.15) is 0 Å². The predicted molar refractivity (Wildman–Crippen MR) is 102 cm³/mol. The Bertz CT molecular complexity index is 641. The summed E-state index contributed by atoms with van der Waals surface area (Å²) in [5, 5.41) is 6.31. The maximum absolute atomic E-state index is 12.7. The topological polar surface area (TPSA) is 79.9 Å². The third kappa shape index (κ3) is 4.99. The number of likely N-dealkylation sites (tertiary alicyclic amines) is 1. The monoisotopic (exact) mass is 375 g/mol. The summed E-state index contributed by atoms with van der Waals surface area (Å²) in [5.41, 5.74) is 0.665. The lowest BCUT2D eigenvalue weighted by atomic mass is 10.0. The van der Waals surface area contributed by atoms with Crippen LogP contribution in [0.5, 0.6) is 5.75 Å². The minimum atomic E-state index is -0.303. The zero-order valence-corrected chi connectivity index (χ0v) is 16.1. The molecule has 2 aliphatic rings. The lowest BCUT2D eigenvalue weighted by Crippen LogP contribution is -2.58. The van der Waals surface area contributed by atoms with Crippen LogP contribution in [-0.4, -0.2) is 67.7 Å². The number of carbonyl (C=O) groups is 2. The quantitative estimate of drug-likeness (QED) is 0.808. The number of amides is 2. The van der Waals surface area contributed by atoms with Crippen LogP contribution in [0, 0.1) is 0 Å². The van der Waals surface area contributed by atoms with Crippen LogP contribution in [0.15, 0.2) is 24.3 Å². The van der Waals surface area contributed by atoms with Crippen molar-refractivity contribution in [2.75, 3.05) is 32.8 Å². The summed E-state index contributed by atoms with van der Waals surface area (Å²) in [6, 6.07) is 7.04. The highest BCUT2D eigenvalue weighted by Crippen LogP contribution is 2.17. The Kier molecular flexibility index (Phi) is 6.68. The number of nitrogens with zero attached hydrogens (tertiary/aromatic N) is 1. The van der Waals surface area contributed by atoms with Gasteiger partial charge in [0.25, 0.3) is 5.91 Å². The number of nitrogens with one attached hydrogen (secondary N) is 2. The van der Waals surface area contributed by atoms with E-state index in [1.54, 1.807) is 12.1 Å². The predicted octanol–water partition coefficient (Wildman–Crippen LogP) is 1.18. The van der Waals surface area contributed by atoms with Gasteiger partial charge in [-0.3, -0.25) is 9.59 Å². The third-order valence-electron chi connectivity index (χ3n) is 5.14. The molecule has 2 fully saturated rings. The molecule has 7 nitrogen and oxygen atoms in total. The number of benzene rings is 1. The van der Waals surface area contributed by atoms with Crippen LogP contribution in [0.3, 0.4) is 0 Å². The van der Waals surface area contributed by atoms with Crippen molar-refractivity contribution in [1.82, 2.24) is 15.5 Å². The molecule has 0 spiro atoms. The highest BCUT2D eigenvalue weighted by molar-refractivity contribution is 5.94. The van der Waals surface area contributed by atoms with Crippen molar-refractivity contribution in [3.05, 3.63) is 29.8 Å². The Morgan fingerprint density at radius 3 is 2.59 bits per heavy atom. The lowest BCUT2D eigenvalue weighted by Gasteiger charge is -2.35. The van der Waals surface area contributed by atoms with Crippen molar-refractivity contribution >= 4 is 11.8 Å². The van der Waals surface area contributed by atoms with E-state index in [9.17, 15) is 9.59 Å². The molecule has 0 saturated carbocycles. The molecular formula is C20H29N3O4. The van der Waals surface area contributed by atoms with E-state index in [0.29, 0.717) is 38.4 Å². The Balaban J connectivity index is 1.48. The zero-order valence-electron chi connectivity index (χ0n) is 16.1. The second kappa shape index (κ2) is 9.19. The molecule has 2 amide bonds. The van der Waals surface area contributed by atoms with Crippen molar-refractivity contribution < 1.29 is 19.1 Å². The minimum absolute atomic E-state index is 0.0153. The summed E-state index contributed by atoms with van der Waals surface area (Å²) >= 11 is 0. The summed E-state index contributed by atoms with van der Waals surface area (Å²) in [7, 11) is 0. The van der Waals surface area contributed by atoms with Crippen molar-refractivity contribution in [2.24, 2.45) is 0 Å². The summed E-state index contributed by atoms with van der Waals surface area (Å²) < 4.78 is 11.0. The molecule has 1 aromatic rings. The van der Waals surface area contributed by atoms with Crippen LogP contribution in [0.25, 0.3) is 0 Å². The molecule has 2 N–H and O–H groups in total. The summed E-state index contributed by atoms with van der Waals surface area (Å²) in [6.07, 6.45) is 1.40. The summed E-state index contributed by atoms with van der Waals surface area (Å²) in [4.78, 5) is 27.0. The van der Waals surface area contributed by atoms with E-state index in [1.165, 1.54) is 0 Å². The van der Waals surface area contributed by atoms with E-state index in [4.69, 9.17) is 9.47 Å². The minimum Gasteiger partial charge on any atom is -0.494 e. The van der Waals surface area contributed by atoms with Crippen molar-refractivity contribution in [2.45, 2.75) is 44.9 Å². The van der Waals surface area contributed by atoms with Gasteiger partial charge in [-0.1, -0.05) is 0 Å². The number of morpholine rings is 1. The number of hydrogen-bond donors (Lipinski definition) is 2. The van der Waals surface area contributed by atoms with E-state index in [-0.39, 0.29) is 30.0 Å². The number of carbonyl (C=O) groups excluding carboxylic acids is 2. The fourth-order valence-electron chi connectivity index (χ4n) is 3.59. The van der Waals surface area contributed by atoms with E-state index in [2.05, 4.69) is 10.6 Å². The smallest absolute Gasteiger partial charge is 0.253 e. The third-order valence-corrected chi connectivity index (χ3v) is 5.14. The fourth-order valence-corrected chi connectivity index (χ4v) is 3.59. The first-order valence-corrected chi connectivity index (χ1v) is 9.76. The molecule has 0 aromatic heterocycles. The van der Waals surface area contributed by atoms with Crippen LogP contribution in [0.2, 0.25) is 0 Å². The molecule has 0 bridgehead atoms. The van der Waals surface area contributed by atoms with Crippen LogP contribution in [0.1, 0.15) is 37.0 Å². The first-order valence-electron chi connectivity index (χ1n) is 9.76. The van der Waals surface area contributed by atoms with Gasteiger partial charge in [0.2, 0.25) is 5.91 Å². The van der Waals surface area contributed by atoms with Crippen LogP contribution in [-0.2, 0) is 9.53 Å². The van der Waals surface area contributed by atoms with Gasteiger partial charge in [-0.15, -0.1) is 0 Å². The number of rotatable bonds is 5. The molecule has 2 heterocycles. The standard InChI is InChI=1S/C20H29N3O4/c1-3-26-17-6-4-15(5-7-17)20(25)23-11-8-16(9-12-23)22-19(24)18-14(2)27-13-10-21-18/h4-7,14,16,18,21H,3,8-13H2,1-2H3,(H,22,24)/t14-,18+/m1/s1. The largest absolute Gasteiger partial charge is 0.494 e. The molecule has 2 saturated heterocycles. The van der Waals surface area contributed by atoms with Crippen molar-refractivity contribution in [3.63, 3.8) is 0 Å². The molecule has 148 valence electrons. The number of piperidine rings is 1.